The SMILES string of the molecule is Cc1cc(C(F)(F)F)nc(CNC(=O)C2CCC(=O)N(Cc3ccc(Cl)cc3)C2)n1. The average Bonchev–Trinajstić information content (AvgIpc) is 2.68. The first-order valence-corrected chi connectivity index (χ1v) is 9.71. The second-order valence-electron chi connectivity index (χ2n) is 7.16. The summed E-state index contributed by atoms with van der Waals surface area (Å²) in [4.78, 5) is 33.8. The molecule has 1 aliphatic rings. The predicted molar refractivity (Wildman–Crippen MR) is 103 cm³/mol. The van der Waals surface area contributed by atoms with Crippen molar-refractivity contribution in [3.05, 3.63) is 58.1 Å². The third kappa shape index (κ3) is 5.69. The van der Waals surface area contributed by atoms with Crippen LogP contribution in [0.3, 0.4) is 0 Å². The van der Waals surface area contributed by atoms with Gasteiger partial charge in [-0.15, -0.1) is 0 Å². The van der Waals surface area contributed by atoms with Crippen molar-refractivity contribution in [2.24, 2.45) is 5.92 Å². The lowest BCUT2D eigenvalue weighted by molar-refractivity contribution is -0.141. The van der Waals surface area contributed by atoms with Crippen molar-refractivity contribution >= 4 is 23.4 Å². The molecule has 160 valence electrons. The van der Waals surface area contributed by atoms with Crippen LogP contribution in [0.4, 0.5) is 13.2 Å². The molecule has 1 aliphatic heterocycles. The fourth-order valence-corrected chi connectivity index (χ4v) is 3.38. The van der Waals surface area contributed by atoms with Crippen LogP contribution >= 0.6 is 11.6 Å². The molecule has 1 aromatic heterocycles. The van der Waals surface area contributed by atoms with Gasteiger partial charge in [0.15, 0.2) is 0 Å². The number of piperidine rings is 1. The van der Waals surface area contributed by atoms with Gasteiger partial charge in [-0.25, -0.2) is 9.97 Å². The maximum absolute atomic E-state index is 12.9. The van der Waals surface area contributed by atoms with E-state index in [4.69, 9.17) is 11.6 Å². The first kappa shape index (κ1) is 22.0. The van der Waals surface area contributed by atoms with E-state index >= 15 is 0 Å². The van der Waals surface area contributed by atoms with Gasteiger partial charge in [0, 0.05) is 30.2 Å². The molecular formula is C20H20ClF3N4O2. The van der Waals surface area contributed by atoms with Crippen LogP contribution in [0.15, 0.2) is 30.3 Å². The summed E-state index contributed by atoms with van der Waals surface area (Å²) in [6, 6.07) is 7.94. The number of alkyl halides is 3. The molecule has 3 rings (SSSR count). The van der Waals surface area contributed by atoms with Gasteiger partial charge in [-0.05, 0) is 37.1 Å². The minimum Gasteiger partial charge on any atom is -0.349 e. The number of likely N-dealkylation sites (tertiary alicyclic amines) is 1. The second-order valence-corrected chi connectivity index (χ2v) is 7.60. The Labute approximate surface area is 176 Å². The van der Waals surface area contributed by atoms with Crippen molar-refractivity contribution in [2.75, 3.05) is 6.54 Å². The molecule has 2 aromatic rings. The number of rotatable bonds is 5. The maximum Gasteiger partial charge on any atom is 0.433 e. The second kappa shape index (κ2) is 8.99. The molecule has 30 heavy (non-hydrogen) atoms. The van der Waals surface area contributed by atoms with Gasteiger partial charge in [0.1, 0.15) is 11.5 Å². The van der Waals surface area contributed by atoms with Gasteiger partial charge >= 0.3 is 6.18 Å². The Hall–Kier alpha value is -2.68. The summed E-state index contributed by atoms with van der Waals surface area (Å²) in [7, 11) is 0. The third-order valence-electron chi connectivity index (χ3n) is 4.77. The van der Waals surface area contributed by atoms with E-state index in [9.17, 15) is 22.8 Å². The molecule has 1 atom stereocenters. The first-order chi connectivity index (χ1) is 14.1. The number of halogens is 4. The molecule has 2 heterocycles. The zero-order chi connectivity index (χ0) is 21.9. The van der Waals surface area contributed by atoms with E-state index in [0.29, 0.717) is 18.0 Å². The number of hydrogen-bond donors (Lipinski definition) is 1. The lowest BCUT2D eigenvalue weighted by Crippen LogP contribution is -2.45. The van der Waals surface area contributed by atoms with E-state index in [1.807, 2.05) is 12.1 Å². The number of hydrogen-bond acceptors (Lipinski definition) is 4. The normalized spacial score (nSPS) is 17.2. The van der Waals surface area contributed by atoms with E-state index in [2.05, 4.69) is 15.3 Å². The molecule has 1 unspecified atom stereocenters. The Bertz CT molecular complexity index is 935. The summed E-state index contributed by atoms with van der Waals surface area (Å²) in [5, 5.41) is 3.19. The van der Waals surface area contributed by atoms with Crippen LogP contribution in [-0.4, -0.2) is 33.2 Å². The Balaban J connectivity index is 1.61. The molecule has 6 nitrogen and oxygen atoms in total. The first-order valence-electron chi connectivity index (χ1n) is 9.33. The molecule has 0 bridgehead atoms. The molecule has 1 fully saturated rings. The highest BCUT2D eigenvalue weighted by Crippen LogP contribution is 2.28. The zero-order valence-electron chi connectivity index (χ0n) is 16.2. The van der Waals surface area contributed by atoms with Gasteiger partial charge in [-0.2, -0.15) is 13.2 Å². The number of aryl methyl sites for hydroxylation is 1. The number of nitrogens with one attached hydrogen (secondary N) is 1. The number of benzene rings is 1. The van der Waals surface area contributed by atoms with E-state index in [1.165, 1.54) is 6.92 Å². The van der Waals surface area contributed by atoms with Crippen molar-refractivity contribution in [1.29, 1.82) is 0 Å². The Morgan fingerprint density at radius 3 is 2.63 bits per heavy atom. The van der Waals surface area contributed by atoms with Crippen LogP contribution in [0.2, 0.25) is 5.02 Å². The lowest BCUT2D eigenvalue weighted by atomic mass is 9.96. The van der Waals surface area contributed by atoms with E-state index in [1.54, 1.807) is 17.0 Å². The molecule has 0 saturated carbocycles. The zero-order valence-corrected chi connectivity index (χ0v) is 16.9. The summed E-state index contributed by atoms with van der Waals surface area (Å²) >= 11 is 5.87. The molecule has 0 aliphatic carbocycles. The number of amides is 2. The topological polar surface area (TPSA) is 75.2 Å². The fourth-order valence-electron chi connectivity index (χ4n) is 3.26. The number of carbonyl (C=O) groups is 2. The smallest absolute Gasteiger partial charge is 0.349 e. The van der Waals surface area contributed by atoms with Crippen molar-refractivity contribution in [3.63, 3.8) is 0 Å². The Morgan fingerprint density at radius 1 is 1.27 bits per heavy atom. The number of aromatic nitrogens is 2. The number of carbonyl (C=O) groups excluding carboxylic acids is 2. The monoisotopic (exact) mass is 440 g/mol. The Kier molecular flexibility index (Phi) is 6.60. The molecule has 10 heteroatoms. The summed E-state index contributed by atoms with van der Waals surface area (Å²) in [5.41, 5.74) is 0.0114. The van der Waals surface area contributed by atoms with Gasteiger partial charge in [0.25, 0.3) is 0 Å². The third-order valence-corrected chi connectivity index (χ3v) is 5.02. The van der Waals surface area contributed by atoms with E-state index < -0.39 is 17.8 Å². The highest BCUT2D eigenvalue weighted by molar-refractivity contribution is 6.30. The quantitative estimate of drug-likeness (QED) is 0.772. The molecule has 2 amide bonds. The van der Waals surface area contributed by atoms with E-state index in [-0.39, 0.29) is 42.8 Å². The van der Waals surface area contributed by atoms with Crippen molar-refractivity contribution in [3.8, 4) is 0 Å². The van der Waals surface area contributed by atoms with Crippen molar-refractivity contribution in [2.45, 2.75) is 39.0 Å². The lowest BCUT2D eigenvalue weighted by Gasteiger charge is -2.32. The van der Waals surface area contributed by atoms with Gasteiger partial charge < -0.3 is 10.2 Å². The summed E-state index contributed by atoms with van der Waals surface area (Å²) in [6.07, 6.45) is -3.98. The number of nitrogens with zero attached hydrogens (tertiary/aromatic N) is 3. The summed E-state index contributed by atoms with van der Waals surface area (Å²) in [6.45, 7) is 1.81. The van der Waals surface area contributed by atoms with Crippen molar-refractivity contribution in [1.82, 2.24) is 20.2 Å². The molecule has 0 spiro atoms. The van der Waals surface area contributed by atoms with Crippen LogP contribution < -0.4 is 5.32 Å². The molecular weight excluding hydrogens is 421 g/mol. The van der Waals surface area contributed by atoms with Crippen LogP contribution in [0, 0.1) is 12.8 Å². The fraction of sp³-hybridized carbons (Fsp3) is 0.400. The standard InChI is InChI=1S/C20H20ClF3N4O2/c1-12-8-16(20(22,23)24)27-17(26-12)9-25-19(30)14-4-7-18(29)28(11-14)10-13-2-5-15(21)6-3-13/h2-3,5-6,8,14H,4,7,9-11H2,1H3,(H,25,30). The highest BCUT2D eigenvalue weighted by Gasteiger charge is 2.34. The van der Waals surface area contributed by atoms with Crippen LogP contribution in [-0.2, 0) is 28.9 Å². The predicted octanol–water partition coefficient (Wildman–Crippen LogP) is 3.51. The minimum absolute atomic E-state index is 0.0502. The van der Waals surface area contributed by atoms with Crippen LogP contribution in [0.5, 0.6) is 0 Å². The average molecular weight is 441 g/mol. The molecule has 1 saturated heterocycles. The minimum atomic E-state index is -4.58. The van der Waals surface area contributed by atoms with E-state index in [0.717, 1.165) is 11.6 Å². The highest BCUT2D eigenvalue weighted by atomic mass is 35.5. The largest absolute Gasteiger partial charge is 0.433 e. The van der Waals surface area contributed by atoms with Gasteiger partial charge in [-0.3, -0.25) is 9.59 Å². The molecule has 0 radical (unpaired) electrons. The van der Waals surface area contributed by atoms with Gasteiger partial charge in [0.2, 0.25) is 11.8 Å². The van der Waals surface area contributed by atoms with Crippen LogP contribution in [0.25, 0.3) is 0 Å². The van der Waals surface area contributed by atoms with Crippen molar-refractivity contribution < 1.29 is 22.8 Å². The molecule has 1 aromatic carbocycles. The Morgan fingerprint density at radius 2 is 1.97 bits per heavy atom. The summed E-state index contributed by atoms with van der Waals surface area (Å²) in [5.74, 6) is -0.962. The van der Waals surface area contributed by atoms with Crippen LogP contribution in [0.1, 0.15) is 35.6 Å². The maximum atomic E-state index is 12.9. The van der Waals surface area contributed by atoms with Gasteiger partial charge in [0.05, 0.1) is 12.5 Å². The van der Waals surface area contributed by atoms with Gasteiger partial charge in [-0.1, -0.05) is 23.7 Å². The summed E-state index contributed by atoms with van der Waals surface area (Å²) < 4.78 is 38.7. The molecule has 1 N–H and O–H groups in total.